The largest absolute Gasteiger partial charge is 0.454 e. The van der Waals surface area contributed by atoms with Crippen molar-refractivity contribution in [3.05, 3.63) is 52.6 Å². The molecule has 2 aromatic carbocycles. The summed E-state index contributed by atoms with van der Waals surface area (Å²) in [5, 5.41) is 3.52. The summed E-state index contributed by atoms with van der Waals surface area (Å²) >= 11 is 6.10. The molecule has 0 fully saturated rings. The molecule has 1 heterocycles. The normalized spacial score (nSPS) is 12.6. The topological polar surface area (TPSA) is 30.5 Å². The summed E-state index contributed by atoms with van der Waals surface area (Å²) in [6.45, 7) is 0.481. The third-order valence-electron chi connectivity index (χ3n) is 2.93. The lowest BCUT2D eigenvalue weighted by Gasteiger charge is -2.10. The van der Waals surface area contributed by atoms with Crippen LogP contribution in [0.4, 0.5) is 14.5 Å². The predicted molar refractivity (Wildman–Crippen MR) is 71.3 cm³/mol. The van der Waals surface area contributed by atoms with Crippen LogP contribution in [0.15, 0.2) is 30.3 Å². The number of halogens is 3. The first kappa shape index (κ1) is 13.0. The van der Waals surface area contributed by atoms with Gasteiger partial charge in [0, 0.05) is 18.7 Å². The van der Waals surface area contributed by atoms with Crippen molar-refractivity contribution in [3.63, 3.8) is 0 Å². The maximum Gasteiger partial charge on any atom is 0.231 e. The van der Waals surface area contributed by atoms with Gasteiger partial charge in [0.25, 0.3) is 0 Å². The fraction of sp³-hybridized carbons (Fsp3) is 0.143. The van der Waals surface area contributed by atoms with Crippen molar-refractivity contribution >= 4 is 17.3 Å². The van der Waals surface area contributed by atoms with Gasteiger partial charge in [-0.2, -0.15) is 0 Å². The van der Waals surface area contributed by atoms with Crippen molar-refractivity contribution < 1.29 is 18.3 Å². The van der Waals surface area contributed by atoms with Crippen LogP contribution in [0.2, 0.25) is 5.02 Å². The number of anilines is 1. The average molecular weight is 298 g/mol. The SMILES string of the molecule is Fc1ccc(CNc2cc3c(cc2Cl)OCO3)cc1F. The van der Waals surface area contributed by atoms with E-state index in [9.17, 15) is 8.78 Å². The molecular formula is C14H10ClF2NO2. The Morgan fingerprint density at radius 2 is 1.80 bits per heavy atom. The van der Waals surface area contributed by atoms with Gasteiger partial charge in [0.05, 0.1) is 10.7 Å². The molecular weight excluding hydrogens is 288 g/mol. The number of hydrogen-bond donors (Lipinski definition) is 1. The van der Waals surface area contributed by atoms with Gasteiger partial charge < -0.3 is 14.8 Å². The number of benzene rings is 2. The predicted octanol–water partition coefficient (Wildman–Crippen LogP) is 3.96. The number of rotatable bonds is 3. The molecule has 1 N–H and O–H groups in total. The van der Waals surface area contributed by atoms with Gasteiger partial charge >= 0.3 is 0 Å². The van der Waals surface area contributed by atoms with Crippen LogP contribution in [0.5, 0.6) is 11.5 Å². The summed E-state index contributed by atoms with van der Waals surface area (Å²) in [6.07, 6.45) is 0. The Morgan fingerprint density at radius 1 is 1.05 bits per heavy atom. The maximum atomic E-state index is 13.1. The lowest BCUT2D eigenvalue weighted by atomic mass is 10.2. The summed E-state index contributed by atoms with van der Waals surface area (Å²) in [4.78, 5) is 0. The highest BCUT2D eigenvalue weighted by Crippen LogP contribution is 2.39. The third kappa shape index (κ3) is 2.49. The van der Waals surface area contributed by atoms with Crippen LogP contribution in [0, 0.1) is 11.6 Å². The Kier molecular flexibility index (Phi) is 3.36. The Morgan fingerprint density at radius 3 is 2.55 bits per heavy atom. The zero-order chi connectivity index (χ0) is 14.1. The highest BCUT2D eigenvalue weighted by molar-refractivity contribution is 6.33. The second-order valence-electron chi connectivity index (χ2n) is 4.29. The van der Waals surface area contributed by atoms with E-state index in [4.69, 9.17) is 21.1 Å². The minimum Gasteiger partial charge on any atom is -0.454 e. The van der Waals surface area contributed by atoms with Crippen LogP contribution in [0.1, 0.15) is 5.56 Å². The van der Waals surface area contributed by atoms with Crippen molar-refractivity contribution in [1.29, 1.82) is 0 Å². The van der Waals surface area contributed by atoms with E-state index in [2.05, 4.69) is 5.32 Å². The van der Waals surface area contributed by atoms with Gasteiger partial charge in [0.2, 0.25) is 6.79 Å². The van der Waals surface area contributed by atoms with Crippen LogP contribution in [0.25, 0.3) is 0 Å². The molecule has 3 nitrogen and oxygen atoms in total. The molecule has 0 spiro atoms. The van der Waals surface area contributed by atoms with Crippen molar-refractivity contribution in [2.24, 2.45) is 0 Å². The number of nitrogens with one attached hydrogen (secondary N) is 1. The monoisotopic (exact) mass is 297 g/mol. The van der Waals surface area contributed by atoms with E-state index in [0.717, 1.165) is 12.1 Å². The van der Waals surface area contributed by atoms with Crippen LogP contribution in [-0.4, -0.2) is 6.79 Å². The molecule has 6 heteroatoms. The van der Waals surface area contributed by atoms with Crippen molar-refractivity contribution in [3.8, 4) is 11.5 Å². The van der Waals surface area contributed by atoms with Crippen LogP contribution >= 0.6 is 11.6 Å². The number of ether oxygens (including phenoxy) is 2. The van der Waals surface area contributed by atoms with Crippen LogP contribution in [-0.2, 0) is 6.54 Å². The molecule has 0 aromatic heterocycles. The molecule has 1 aliphatic rings. The third-order valence-corrected chi connectivity index (χ3v) is 3.24. The van der Waals surface area contributed by atoms with E-state index in [1.54, 1.807) is 12.1 Å². The summed E-state index contributed by atoms with van der Waals surface area (Å²) in [7, 11) is 0. The quantitative estimate of drug-likeness (QED) is 0.930. The zero-order valence-electron chi connectivity index (χ0n) is 10.3. The molecule has 0 radical (unpaired) electrons. The molecule has 0 atom stereocenters. The maximum absolute atomic E-state index is 13.1. The average Bonchev–Trinajstić information content (AvgIpc) is 2.87. The van der Waals surface area contributed by atoms with E-state index in [1.807, 2.05) is 0 Å². The van der Waals surface area contributed by atoms with E-state index in [1.165, 1.54) is 6.07 Å². The summed E-state index contributed by atoms with van der Waals surface area (Å²) in [5.74, 6) is -0.550. The van der Waals surface area contributed by atoms with E-state index >= 15 is 0 Å². The molecule has 104 valence electrons. The fourth-order valence-electron chi connectivity index (χ4n) is 1.90. The lowest BCUT2D eigenvalue weighted by Crippen LogP contribution is -2.01. The van der Waals surface area contributed by atoms with Crippen molar-refractivity contribution in [2.45, 2.75) is 6.54 Å². The number of hydrogen-bond acceptors (Lipinski definition) is 3. The van der Waals surface area contributed by atoms with Gasteiger partial charge in [-0.3, -0.25) is 0 Å². The van der Waals surface area contributed by atoms with Crippen molar-refractivity contribution in [1.82, 2.24) is 0 Å². The zero-order valence-corrected chi connectivity index (χ0v) is 11.0. The Balaban J connectivity index is 1.76. The van der Waals surface area contributed by atoms with Gasteiger partial charge in [-0.05, 0) is 17.7 Å². The second kappa shape index (κ2) is 5.17. The molecule has 0 unspecified atom stereocenters. The summed E-state index contributed by atoms with van der Waals surface area (Å²) in [5.41, 5.74) is 1.25. The molecule has 0 aliphatic carbocycles. The van der Waals surface area contributed by atoms with E-state index in [0.29, 0.717) is 34.3 Å². The van der Waals surface area contributed by atoms with Crippen LogP contribution < -0.4 is 14.8 Å². The summed E-state index contributed by atoms with van der Waals surface area (Å²) in [6, 6.07) is 7.10. The molecule has 0 saturated carbocycles. The van der Waals surface area contributed by atoms with Crippen LogP contribution in [0.3, 0.4) is 0 Å². The fourth-order valence-corrected chi connectivity index (χ4v) is 2.12. The minimum atomic E-state index is -0.874. The summed E-state index contributed by atoms with van der Waals surface area (Å²) < 4.78 is 36.4. The minimum absolute atomic E-state index is 0.165. The Hall–Kier alpha value is -2.01. The molecule has 2 aromatic rings. The van der Waals surface area contributed by atoms with Gasteiger partial charge in [0.15, 0.2) is 23.1 Å². The first-order valence-electron chi connectivity index (χ1n) is 5.90. The lowest BCUT2D eigenvalue weighted by molar-refractivity contribution is 0.174. The first-order chi connectivity index (χ1) is 9.63. The highest BCUT2D eigenvalue weighted by Gasteiger charge is 2.16. The first-order valence-corrected chi connectivity index (χ1v) is 6.28. The highest BCUT2D eigenvalue weighted by atomic mass is 35.5. The van der Waals surface area contributed by atoms with Gasteiger partial charge in [0.1, 0.15) is 0 Å². The molecule has 20 heavy (non-hydrogen) atoms. The van der Waals surface area contributed by atoms with E-state index in [-0.39, 0.29) is 6.79 Å². The van der Waals surface area contributed by atoms with E-state index < -0.39 is 11.6 Å². The van der Waals surface area contributed by atoms with Gasteiger partial charge in [-0.1, -0.05) is 17.7 Å². The van der Waals surface area contributed by atoms with Gasteiger partial charge in [-0.25, -0.2) is 8.78 Å². The molecule has 0 saturated heterocycles. The molecule has 1 aliphatic heterocycles. The Labute approximate surface area is 119 Å². The molecule has 3 rings (SSSR count). The molecule has 0 amide bonds. The Bertz CT molecular complexity index is 664. The second-order valence-corrected chi connectivity index (χ2v) is 4.69. The molecule has 0 bridgehead atoms. The van der Waals surface area contributed by atoms with Crippen molar-refractivity contribution in [2.75, 3.05) is 12.1 Å². The van der Waals surface area contributed by atoms with Gasteiger partial charge in [-0.15, -0.1) is 0 Å². The number of fused-ring (bicyclic) bond motifs is 1. The smallest absolute Gasteiger partial charge is 0.231 e. The standard InChI is InChI=1S/C14H10ClF2NO2/c15-9-4-13-14(20-7-19-13)5-12(9)18-6-8-1-2-10(16)11(17)3-8/h1-5,18H,6-7H2.